The number of hydrogen-bond donors (Lipinski definition) is 1. The summed E-state index contributed by atoms with van der Waals surface area (Å²) >= 11 is 0. The Balaban J connectivity index is 1.42. The van der Waals surface area contributed by atoms with Gasteiger partial charge in [0.2, 0.25) is 0 Å². The van der Waals surface area contributed by atoms with Crippen molar-refractivity contribution in [3.63, 3.8) is 0 Å². The molecule has 1 heterocycles. The third-order valence-electron chi connectivity index (χ3n) is 4.52. The van der Waals surface area contributed by atoms with Crippen molar-refractivity contribution in [2.75, 3.05) is 51.3 Å². The van der Waals surface area contributed by atoms with Crippen LogP contribution in [0.4, 0.5) is 10.1 Å². The third kappa shape index (κ3) is 5.09. The molecule has 1 N–H and O–H groups in total. The van der Waals surface area contributed by atoms with Crippen molar-refractivity contribution in [2.24, 2.45) is 0 Å². The third-order valence-corrected chi connectivity index (χ3v) is 4.52. The van der Waals surface area contributed by atoms with Crippen molar-refractivity contribution in [3.05, 3.63) is 54.3 Å². The van der Waals surface area contributed by atoms with E-state index in [2.05, 4.69) is 15.9 Å². The minimum Gasteiger partial charge on any atom is -0.497 e. The van der Waals surface area contributed by atoms with Gasteiger partial charge in [-0.05, 0) is 36.4 Å². The van der Waals surface area contributed by atoms with Gasteiger partial charge >= 0.3 is 0 Å². The van der Waals surface area contributed by atoms with Gasteiger partial charge in [-0.25, -0.2) is 4.39 Å². The van der Waals surface area contributed by atoms with Crippen LogP contribution in [0.3, 0.4) is 0 Å². The topological polar surface area (TPSA) is 45.2 Å². The van der Waals surface area contributed by atoms with Crippen LogP contribution in [0.15, 0.2) is 48.5 Å². The first-order valence-electron chi connectivity index (χ1n) is 8.82. The monoisotopic (exact) mass is 360 g/mol. The molecule has 6 heteroatoms. The fraction of sp³-hybridized carbons (Fsp3) is 0.400. The number of halogens is 1. The van der Waals surface area contributed by atoms with Gasteiger partial charge < -0.3 is 19.5 Å². The molecule has 2 aromatic carbocycles. The summed E-state index contributed by atoms with van der Waals surface area (Å²) in [7, 11) is 1.67. The zero-order chi connectivity index (χ0) is 18.4. The average molecular weight is 360 g/mol. The normalized spacial score (nSPS) is 16.3. The number of rotatable bonds is 7. The van der Waals surface area contributed by atoms with Gasteiger partial charge in [0.1, 0.15) is 30.0 Å². The van der Waals surface area contributed by atoms with Gasteiger partial charge in [0.15, 0.2) is 0 Å². The first-order valence-corrected chi connectivity index (χ1v) is 8.82. The van der Waals surface area contributed by atoms with E-state index in [0.717, 1.165) is 37.6 Å². The summed E-state index contributed by atoms with van der Waals surface area (Å²) in [5.74, 6) is 1.12. The molecule has 1 aliphatic rings. The molecular formula is C20H25FN2O3. The van der Waals surface area contributed by atoms with E-state index in [0.29, 0.717) is 12.3 Å². The molecule has 1 saturated heterocycles. The lowest BCUT2D eigenvalue weighted by atomic mass is 10.2. The summed E-state index contributed by atoms with van der Waals surface area (Å²) in [6.07, 6.45) is -0.580. The van der Waals surface area contributed by atoms with Crippen LogP contribution in [0.25, 0.3) is 0 Å². The quantitative estimate of drug-likeness (QED) is 0.822. The Morgan fingerprint density at radius 3 is 2.46 bits per heavy atom. The Labute approximate surface area is 153 Å². The summed E-state index contributed by atoms with van der Waals surface area (Å²) in [6.45, 7) is 4.32. The molecule has 5 nitrogen and oxygen atoms in total. The second-order valence-corrected chi connectivity index (χ2v) is 6.41. The number of hydrogen-bond acceptors (Lipinski definition) is 5. The number of methoxy groups -OCH3 is 1. The van der Waals surface area contributed by atoms with Crippen LogP contribution in [0.2, 0.25) is 0 Å². The fourth-order valence-corrected chi connectivity index (χ4v) is 3.07. The summed E-state index contributed by atoms with van der Waals surface area (Å²) in [5.41, 5.74) is 1.16. The summed E-state index contributed by atoms with van der Waals surface area (Å²) in [4.78, 5) is 4.55. The standard InChI is InChI=1S/C20H25FN2O3/c1-25-20-4-2-3-17(13-20)23-11-9-22(10-12-23)14-18(24)15-26-19-7-5-16(21)6-8-19/h2-8,13,18,24H,9-12,14-15H2,1H3/t18-/m0/s1. The first-order chi connectivity index (χ1) is 12.6. The molecule has 26 heavy (non-hydrogen) atoms. The Hall–Kier alpha value is -2.31. The van der Waals surface area contributed by atoms with Crippen molar-refractivity contribution in [1.82, 2.24) is 4.90 Å². The number of ether oxygens (including phenoxy) is 2. The van der Waals surface area contributed by atoms with Crippen LogP contribution in [0.5, 0.6) is 11.5 Å². The predicted molar refractivity (Wildman–Crippen MR) is 99.5 cm³/mol. The lowest BCUT2D eigenvalue weighted by Gasteiger charge is -2.37. The predicted octanol–water partition coefficient (Wildman–Crippen LogP) is 2.40. The molecule has 0 spiro atoms. The Morgan fingerprint density at radius 2 is 1.77 bits per heavy atom. The van der Waals surface area contributed by atoms with Gasteiger partial charge in [0, 0.05) is 44.5 Å². The van der Waals surface area contributed by atoms with Crippen LogP contribution in [-0.2, 0) is 0 Å². The van der Waals surface area contributed by atoms with Crippen LogP contribution >= 0.6 is 0 Å². The number of anilines is 1. The van der Waals surface area contributed by atoms with Gasteiger partial charge in [-0.1, -0.05) is 6.07 Å². The highest BCUT2D eigenvalue weighted by Gasteiger charge is 2.20. The molecule has 0 amide bonds. The molecule has 0 aliphatic carbocycles. The van der Waals surface area contributed by atoms with Crippen LogP contribution in [0.1, 0.15) is 0 Å². The lowest BCUT2D eigenvalue weighted by Crippen LogP contribution is -2.49. The smallest absolute Gasteiger partial charge is 0.123 e. The van der Waals surface area contributed by atoms with Gasteiger partial charge in [0.05, 0.1) is 7.11 Å². The van der Waals surface area contributed by atoms with Crippen LogP contribution in [0, 0.1) is 5.82 Å². The molecule has 1 fully saturated rings. The number of aliphatic hydroxyl groups is 1. The maximum absolute atomic E-state index is 12.9. The highest BCUT2D eigenvalue weighted by Crippen LogP contribution is 2.22. The van der Waals surface area contributed by atoms with Crippen LogP contribution < -0.4 is 14.4 Å². The van der Waals surface area contributed by atoms with E-state index in [1.807, 2.05) is 18.2 Å². The fourth-order valence-electron chi connectivity index (χ4n) is 3.07. The zero-order valence-electron chi connectivity index (χ0n) is 15.0. The van der Waals surface area contributed by atoms with Crippen molar-refractivity contribution in [3.8, 4) is 11.5 Å². The second-order valence-electron chi connectivity index (χ2n) is 6.41. The SMILES string of the molecule is COc1cccc(N2CCN(C[C@H](O)COc3ccc(F)cc3)CC2)c1. The van der Waals surface area contributed by atoms with Crippen molar-refractivity contribution in [2.45, 2.75) is 6.10 Å². The number of β-amino-alcohol motifs (C(OH)–C–C–N with tert-alkyl or cyclic N) is 1. The molecule has 3 rings (SSSR count). The largest absolute Gasteiger partial charge is 0.497 e. The minimum absolute atomic E-state index is 0.196. The molecule has 0 bridgehead atoms. The van der Waals surface area contributed by atoms with E-state index in [4.69, 9.17) is 9.47 Å². The van der Waals surface area contributed by atoms with E-state index < -0.39 is 6.10 Å². The molecule has 0 saturated carbocycles. The molecule has 0 radical (unpaired) electrons. The molecular weight excluding hydrogens is 335 g/mol. The van der Waals surface area contributed by atoms with Gasteiger partial charge in [0.25, 0.3) is 0 Å². The van der Waals surface area contributed by atoms with E-state index in [1.165, 1.54) is 12.1 Å². The Bertz CT molecular complexity index is 688. The van der Waals surface area contributed by atoms with E-state index >= 15 is 0 Å². The average Bonchev–Trinajstić information content (AvgIpc) is 2.68. The second kappa shape index (κ2) is 8.87. The highest BCUT2D eigenvalue weighted by atomic mass is 19.1. The van der Waals surface area contributed by atoms with Gasteiger partial charge in [-0.2, -0.15) is 0 Å². The number of aliphatic hydroxyl groups excluding tert-OH is 1. The Morgan fingerprint density at radius 1 is 1.04 bits per heavy atom. The first kappa shape index (κ1) is 18.5. The van der Waals surface area contributed by atoms with E-state index in [1.54, 1.807) is 19.2 Å². The van der Waals surface area contributed by atoms with E-state index in [-0.39, 0.29) is 12.4 Å². The maximum Gasteiger partial charge on any atom is 0.123 e. The van der Waals surface area contributed by atoms with Crippen molar-refractivity contribution < 1.29 is 19.0 Å². The molecule has 2 aromatic rings. The van der Waals surface area contributed by atoms with Crippen molar-refractivity contribution in [1.29, 1.82) is 0 Å². The van der Waals surface area contributed by atoms with Gasteiger partial charge in [-0.15, -0.1) is 0 Å². The maximum atomic E-state index is 12.9. The van der Waals surface area contributed by atoms with Gasteiger partial charge in [-0.3, -0.25) is 4.90 Å². The minimum atomic E-state index is -0.580. The Kier molecular flexibility index (Phi) is 6.30. The summed E-state index contributed by atoms with van der Waals surface area (Å²) < 4.78 is 23.7. The number of benzene rings is 2. The molecule has 0 aromatic heterocycles. The van der Waals surface area contributed by atoms with Crippen LogP contribution in [-0.4, -0.2) is 62.6 Å². The molecule has 0 unspecified atom stereocenters. The van der Waals surface area contributed by atoms with Crippen molar-refractivity contribution >= 4 is 5.69 Å². The molecule has 140 valence electrons. The number of piperazine rings is 1. The number of nitrogens with zero attached hydrogens (tertiary/aromatic N) is 2. The molecule has 1 atom stereocenters. The lowest BCUT2D eigenvalue weighted by molar-refractivity contribution is 0.0663. The highest BCUT2D eigenvalue weighted by molar-refractivity contribution is 5.51. The molecule has 1 aliphatic heterocycles. The summed E-state index contributed by atoms with van der Waals surface area (Å²) in [6, 6.07) is 13.9. The summed E-state index contributed by atoms with van der Waals surface area (Å²) in [5, 5.41) is 10.2. The van der Waals surface area contributed by atoms with E-state index in [9.17, 15) is 9.50 Å². The zero-order valence-corrected chi connectivity index (χ0v) is 15.0.